The van der Waals surface area contributed by atoms with E-state index in [4.69, 9.17) is 16.3 Å². The van der Waals surface area contributed by atoms with Crippen LogP contribution < -0.4 is 0 Å². The van der Waals surface area contributed by atoms with Gasteiger partial charge in [0.25, 0.3) is 0 Å². The van der Waals surface area contributed by atoms with Crippen molar-refractivity contribution >= 4 is 28.9 Å². The second-order valence-electron chi connectivity index (χ2n) is 4.31. The lowest BCUT2D eigenvalue weighted by Crippen LogP contribution is -2.09. The summed E-state index contributed by atoms with van der Waals surface area (Å²) in [6.07, 6.45) is 0.667. The maximum atomic E-state index is 12.1. The highest BCUT2D eigenvalue weighted by molar-refractivity contribution is 7.09. The second kappa shape index (κ2) is 6.37. The Morgan fingerprint density at radius 1 is 1.45 bits per heavy atom. The van der Waals surface area contributed by atoms with Gasteiger partial charge in [0.1, 0.15) is 10.7 Å². The SMILES string of the molecule is CCn1nc(C)c(C(=O)OCCc2scnc2C)c1Cl. The Labute approximate surface area is 126 Å². The van der Waals surface area contributed by atoms with Gasteiger partial charge < -0.3 is 4.74 Å². The highest BCUT2D eigenvalue weighted by Crippen LogP contribution is 2.21. The molecule has 0 amide bonds. The van der Waals surface area contributed by atoms with Gasteiger partial charge >= 0.3 is 5.97 Å². The largest absolute Gasteiger partial charge is 0.462 e. The number of carbonyl (C=O) groups excluding carboxylic acids is 1. The predicted octanol–water partition coefficient (Wildman–Crippen LogP) is 3.03. The molecule has 0 fully saturated rings. The number of aromatic nitrogens is 3. The minimum absolute atomic E-state index is 0.314. The van der Waals surface area contributed by atoms with E-state index in [1.165, 1.54) is 0 Å². The number of aryl methyl sites for hydroxylation is 3. The van der Waals surface area contributed by atoms with Gasteiger partial charge in [-0.05, 0) is 20.8 Å². The fraction of sp³-hybridized carbons (Fsp3) is 0.462. The Kier molecular flexibility index (Phi) is 4.77. The normalized spacial score (nSPS) is 10.8. The molecule has 2 aromatic rings. The maximum Gasteiger partial charge on any atom is 0.343 e. The zero-order valence-electron chi connectivity index (χ0n) is 11.6. The first kappa shape index (κ1) is 15.0. The van der Waals surface area contributed by atoms with Gasteiger partial charge in [-0.25, -0.2) is 9.78 Å². The van der Waals surface area contributed by atoms with E-state index in [1.807, 2.05) is 13.8 Å². The molecule has 0 radical (unpaired) electrons. The number of nitrogens with zero attached hydrogens (tertiary/aromatic N) is 3. The number of rotatable bonds is 5. The van der Waals surface area contributed by atoms with Crippen LogP contribution in [-0.2, 0) is 17.7 Å². The number of halogens is 1. The summed E-state index contributed by atoms with van der Waals surface area (Å²) in [5.74, 6) is -0.422. The highest BCUT2D eigenvalue weighted by Gasteiger charge is 2.21. The molecule has 0 aromatic carbocycles. The van der Waals surface area contributed by atoms with E-state index in [1.54, 1.807) is 28.5 Å². The number of ether oxygens (including phenoxy) is 1. The van der Waals surface area contributed by atoms with E-state index < -0.39 is 5.97 Å². The third-order valence-electron chi connectivity index (χ3n) is 2.98. The third kappa shape index (κ3) is 3.02. The van der Waals surface area contributed by atoms with Crippen molar-refractivity contribution in [2.75, 3.05) is 6.61 Å². The van der Waals surface area contributed by atoms with Crippen LogP contribution in [0.25, 0.3) is 0 Å². The number of hydrogen-bond acceptors (Lipinski definition) is 5. The number of thiazole rings is 1. The van der Waals surface area contributed by atoms with Crippen LogP contribution in [0.15, 0.2) is 5.51 Å². The molecule has 2 heterocycles. The standard InChI is InChI=1S/C13H16ClN3O2S/c1-4-17-12(14)11(9(3)16-17)13(18)19-6-5-10-8(2)15-7-20-10/h7H,4-6H2,1-3H3. The fourth-order valence-electron chi connectivity index (χ4n) is 1.87. The lowest BCUT2D eigenvalue weighted by molar-refractivity contribution is 0.0509. The van der Waals surface area contributed by atoms with E-state index in [0.29, 0.717) is 36.0 Å². The molecule has 0 saturated heterocycles. The Balaban J connectivity index is 1.99. The summed E-state index contributed by atoms with van der Waals surface area (Å²) < 4.78 is 6.86. The van der Waals surface area contributed by atoms with Crippen LogP contribution in [0, 0.1) is 13.8 Å². The molecule has 7 heteroatoms. The van der Waals surface area contributed by atoms with E-state index in [0.717, 1.165) is 10.6 Å². The predicted molar refractivity (Wildman–Crippen MR) is 78.5 cm³/mol. The average Bonchev–Trinajstić information content (AvgIpc) is 2.93. The van der Waals surface area contributed by atoms with Crippen molar-refractivity contribution in [3.05, 3.63) is 32.5 Å². The van der Waals surface area contributed by atoms with E-state index in [2.05, 4.69) is 10.1 Å². The average molecular weight is 314 g/mol. The van der Waals surface area contributed by atoms with Crippen LogP contribution in [0.3, 0.4) is 0 Å². The molecule has 20 heavy (non-hydrogen) atoms. The fourth-order valence-corrected chi connectivity index (χ4v) is 3.00. The van der Waals surface area contributed by atoms with E-state index in [-0.39, 0.29) is 0 Å². The van der Waals surface area contributed by atoms with Crippen LogP contribution >= 0.6 is 22.9 Å². The molecule has 0 N–H and O–H groups in total. The molecule has 2 rings (SSSR count). The van der Waals surface area contributed by atoms with Gasteiger partial charge in [-0.15, -0.1) is 11.3 Å². The van der Waals surface area contributed by atoms with Crippen LogP contribution in [0.4, 0.5) is 0 Å². The van der Waals surface area contributed by atoms with Gasteiger partial charge in [0.2, 0.25) is 0 Å². The van der Waals surface area contributed by atoms with Crippen molar-refractivity contribution in [2.45, 2.75) is 33.7 Å². The van der Waals surface area contributed by atoms with Crippen molar-refractivity contribution in [3.8, 4) is 0 Å². The molecular weight excluding hydrogens is 298 g/mol. The maximum absolute atomic E-state index is 12.1. The minimum Gasteiger partial charge on any atom is -0.462 e. The number of esters is 1. The molecule has 0 aliphatic heterocycles. The lowest BCUT2D eigenvalue weighted by Gasteiger charge is -2.04. The smallest absolute Gasteiger partial charge is 0.343 e. The molecule has 0 aliphatic carbocycles. The van der Waals surface area contributed by atoms with Crippen LogP contribution in [-0.4, -0.2) is 27.3 Å². The van der Waals surface area contributed by atoms with Gasteiger partial charge in [0.15, 0.2) is 0 Å². The Hall–Kier alpha value is -1.40. The van der Waals surface area contributed by atoms with Crippen molar-refractivity contribution in [2.24, 2.45) is 0 Å². The van der Waals surface area contributed by atoms with E-state index in [9.17, 15) is 4.79 Å². The van der Waals surface area contributed by atoms with E-state index >= 15 is 0 Å². The topological polar surface area (TPSA) is 57.0 Å². The molecule has 0 spiro atoms. The molecule has 0 saturated carbocycles. The Bertz CT molecular complexity index is 621. The highest BCUT2D eigenvalue weighted by atomic mass is 35.5. The van der Waals surface area contributed by atoms with Crippen LogP contribution in [0.1, 0.15) is 33.5 Å². The summed E-state index contributed by atoms with van der Waals surface area (Å²) in [6.45, 7) is 6.55. The van der Waals surface area contributed by atoms with Crippen LogP contribution in [0.2, 0.25) is 5.15 Å². The first-order chi connectivity index (χ1) is 9.54. The monoisotopic (exact) mass is 313 g/mol. The molecule has 2 aromatic heterocycles. The first-order valence-electron chi connectivity index (χ1n) is 6.33. The van der Waals surface area contributed by atoms with Gasteiger partial charge in [-0.3, -0.25) is 4.68 Å². The molecule has 0 atom stereocenters. The van der Waals surface area contributed by atoms with Gasteiger partial charge in [0, 0.05) is 17.8 Å². The molecule has 0 unspecified atom stereocenters. The zero-order chi connectivity index (χ0) is 14.7. The molecule has 108 valence electrons. The zero-order valence-corrected chi connectivity index (χ0v) is 13.2. The van der Waals surface area contributed by atoms with Crippen molar-refractivity contribution in [3.63, 3.8) is 0 Å². The number of carbonyl (C=O) groups is 1. The summed E-state index contributed by atoms with van der Waals surface area (Å²) in [5.41, 5.74) is 3.73. The quantitative estimate of drug-likeness (QED) is 0.796. The van der Waals surface area contributed by atoms with Gasteiger partial charge in [0.05, 0.1) is 23.5 Å². The van der Waals surface area contributed by atoms with Gasteiger partial charge in [-0.2, -0.15) is 5.10 Å². The minimum atomic E-state index is -0.422. The summed E-state index contributed by atoms with van der Waals surface area (Å²) in [6, 6.07) is 0. The van der Waals surface area contributed by atoms with Crippen molar-refractivity contribution in [1.29, 1.82) is 0 Å². The third-order valence-corrected chi connectivity index (χ3v) is 4.36. The van der Waals surface area contributed by atoms with Crippen molar-refractivity contribution < 1.29 is 9.53 Å². The molecular formula is C13H16ClN3O2S. The molecule has 0 bridgehead atoms. The summed E-state index contributed by atoms with van der Waals surface area (Å²) in [7, 11) is 0. The van der Waals surface area contributed by atoms with Crippen molar-refractivity contribution in [1.82, 2.24) is 14.8 Å². The number of hydrogen-bond donors (Lipinski definition) is 0. The lowest BCUT2D eigenvalue weighted by atomic mass is 10.2. The molecule has 5 nitrogen and oxygen atoms in total. The summed E-state index contributed by atoms with van der Waals surface area (Å²) >= 11 is 7.69. The van der Waals surface area contributed by atoms with Gasteiger partial charge in [-0.1, -0.05) is 11.6 Å². The summed E-state index contributed by atoms with van der Waals surface area (Å²) in [5, 5.41) is 4.53. The summed E-state index contributed by atoms with van der Waals surface area (Å²) in [4.78, 5) is 17.3. The second-order valence-corrected chi connectivity index (χ2v) is 5.61. The Morgan fingerprint density at radius 3 is 2.75 bits per heavy atom. The van der Waals surface area contributed by atoms with Crippen LogP contribution in [0.5, 0.6) is 0 Å². The Morgan fingerprint density at radius 2 is 2.20 bits per heavy atom. The molecule has 0 aliphatic rings. The first-order valence-corrected chi connectivity index (χ1v) is 7.59.